The minimum Gasteiger partial charge on any atom is -0.493 e. The second kappa shape index (κ2) is 11.1. The van der Waals surface area contributed by atoms with E-state index in [-0.39, 0.29) is 16.2 Å². The summed E-state index contributed by atoms with van der Waals surface area (Å²) >= 11 is 0. The second-order valence-corrected chi connectivity index (χ2v) is 11.3. The van der Waals surface area contributed by atoms with Gasteiger partial charge in [-0.15, -0.1) is 0 Å². The van der Waals surface area contributed by atoms with Gasteiger partial charge in [0.2, 0.25) is 15.8 Å². The Balaban J connectivity index is 1.56. The van der Waals surface area contributed by atoms with Gasteiger partial charge in [-0.3, -0.25) is 4.79 Å². The fourth-order valence-corrected chi connectivity index (χ4v) is 6.65. The maximum atomic E-state index is 13.6. The molecule has 2 aliphatic rings. The highest BCUT2D eigenvalue weighted by atomic mass is 32.2. The first-order valence-corrected chi connectivity index (χ1v) is 14.2. The normalized spacial score (nSPS) is 16.7. The predicted octanol–water partition coefficient (Wildman–Crippen LogP) is 4.49. The molecule has 0 atom stereocenters. The van der Waals surface area contributed by atoms with Crippen LogP contribution in [0, 0.1) is 0 Å². The molecule has 1 saturated heterocycles. The van der Waals surface area contributed by atoms with Crippen molar-refractivity contribution in [2.24, 2.45) is 4.99 Å². The summed E-state index contributed by atoms with van der Waals surface area (Å²) in [6.45, 7) is 1.49. The monoisotopic (exact) mass is 549 g/mol. The maximum absolute atomic E-state index is 13.6. The van der Waals surface area contributed by atoms with Gasteiger partial charge < -0.3 is 19.1 Å². The van der Waals surface area contributed by atoms with Crippen molar-refractivity contribution in [1.82, 2.24) is 4.31 Å². The maximum Gasteiger partial charge on any atom is 0.282 e. The Labute approximate surface area is 228 Å². The third-order valence-electron chi connectivity index (χ3n) is 7.07. The number of carbonyl (C=O) groups excluding carboxylic acids is 1. The van der Waals surface area contributed by atoms with Crippen molar-refractivity contribution in [3.8, 4) is 17.2 Å². The Morgan fingerprint density at radius 2 is 1.59 bits per heavy atom. The van der Waals surface area contributed by atoms with Crippen molar-refractivity contribution in [1.29, 1.82) is 0 Å². The van der Waals surface area contributed by atoms with Gasteiger partial charge in [-0.1, -0.05) is 36.8 Å². The molecule has 1 amide bonds. The minimum absolute atomic E-state index is 0.216. The Hall–Kier alpha value is -3.89. The van der Waals surface area contributed by atoms with Crippen LogP contribution in [0.25, 0.3) is 0 Å². The van der Waals surface area contributed by atoms with Crippen LogP contribution in [0.1, 0.15) is 40.7 Å². The lowest BCUT2D eigenvalue weighted by molar-refractivity contribution is 0.0999. The first kappa shape index (κ1) is 26.7. The second-order valence-electron chi connectivity index (χ2n) is 9.33. The Morgan fingerprint density at radius 3 is 2.31 bits per heavy atom. The highest BCUT2D eigenvalue weighted by Gasteiger charge is 2.31. The van der Waals surface area contributed by atoms with Gasteiger partial charge in [0.15, 0.2) is 11.5 Å². The van der Waals surface area contributed by atoms with Crippen LogP contribution in [0.15, 0.2) is 70.6 Å². The highest BCUT2D eigenvalue weighted by molar-refractivity contribution is 7.89. The van der Waals surface area contributed by atoms with E-state index in [4.69, 9.17) is 14.2 Å². The van der Waals surface area contributed by atoms with E-state index < -0.39 is 15.9 Å². The van der Waals surface area contributed by atoms with Gasteiger partial charge in [-0.25, -0.2) is 8.42 Å². The highest BCUT2D eigenvalue weighted by Crippen LogP contribution is 2.40. The number of ether oxygens (including phenoxy) is 3. The van der Waals surface area contributed by atoms with Crippen LogP contribution in [0.3, 0.4) is 0 Å². The van der Waals surface area contributed by atoms with E-state index in [0.717, 1.165) is 30.4 Å². The van der Waals surface area contributed by atoms with E-state index in [1.54, 1.807) is 34.6 Å². The van der Waals surface area contributed by atoms with Crippen LogP contribution < -0.4 is 19.1 Å². The number of hydrogen-bond donors (Lipinski definition) is 0. The van der Waals surface area contributed by atoms with Crippen LogP contribution in [-0.2, 0) is 16.6 Å². The summed E-state index contributed by atoms with van der Waals surface area (Å²) in [4.78, 5) is 20.2. The molecule has 1 fully saturated rings. The molecule has 2 aliphatic heterocycles. The van der Waals surface area contributed by atoms with Crippen molar-refractivity contribution in [3.63, 3.8) is 0 Å². The van der Waals surface area contributed by atoms with E-state index in [0.29, 0.717) is 42.7 Å². The quantitative estimate of drug-likeness (QED) is 0.428. The first-order valence-electron chi connectivity index (χ1n) is 12.8. The summed E-state index contributed by atoms with van der Waals surface area (Å²) < 4.78 is 44.6. The number of anilines is 1. The molecule has 2 heterocycles. The number of rotatable bonds is 7. The van der Waals surface area contributed by atoms with E-state index in [1.165, 1.54) is 21.3 Å². The number of sulfonamides is 1. The number of amidine groups is 1. The zero-order chi connectivity index (χ0) is 27.6. The van der Waals surface area contributed by atoms with Crippen molar-refractivity contribution < 1.29 is 27.4 Å². The lowest BCUT2D eigenvalue weighted by atomic mass is 10.1. The fraction of sp³-hybridized carbons (Fsp3) is 0.310. The number of nitrogens with zero attached hydrogens (tertiary/aromatic N) is 3. The van der Waals surface area contributed by atoms with Crippen LogP contribution in [0.5, 0.6) is 17.2 Å². The molecule has 10 heteroatoms. The third-order valence-corrected chi connectivity index (χ3v) is 8.96. The smallest absolute Gasteiger partial charge is 0.282 e. The topological polar surface area (TPSA) is 97.7 Å². The van der Waals surface area contributed by atoms with Crippen molar-refractivity contribution in [2.45, 2.75) is 30.7 Å². The Morgan fingerprint density at radius 1 is 0.846 bits per heavy atom. The van der Waals surface area contributed by atoms with E-state index in [9.17, 15) is 13.2 Å². The zero-order valence-corrected chi connectivity index (χ0v) is 23.0. The van der Waals surface area contributed by atoms with Gasteiger partial charge in [-0.2, -0.15) is 9.30 Å². The largest absolute Gasteiger partial charge is 0.493 e. The number of amides is 1. The van der Waals surface area contributed by atoms with Crippen LogP contribution in [0.2, 0.25) is 0 Å². The van der Waals surface area contributed by atoms with Crippen LogP contribution in [0.4, 0.5) is 5.69 Å². The number of piperidine rings is 1. The molecule has 0 aliphatic carbocycles. The van der Waals surface area contributed by atoms with Gasteiger partial charge in [0.05, 0.1) is 38.3 Å². The number of hydrogen-bond acceptors (Lipinski definition) is 6. The van der Waals surface area contributed by atoms with Gasteiger partial charge in [0.25, 0.3) is 5.91 Å². The summed E-state index contributed by atoms with van der Waals surface area (Å²) in [6.07, 6.45) is 2.76. The van der Waals surface area contributed by atoms with Gasteiger partial charge in [0.1, 0.15) is 5.84 Å². The van der Waals surface area contributed by atoms with Crippen molar-refractivity contribution >= 4 is 27.5 Å². The summed E-state index contributed by atoms with van der Waals surface area (Å²) in [5.74, 6) is 0.851. The van der Waals surface area contributed by atoms with Crippen LogP contribution in [-0.4, -0.2) is 58.9 Å². The molecule has 204 valence electrons. The fourth-order valence-electron chi connectivity index (χ4n) is 5.09. The molecule has 0 bridgehead atoms. The summed E-state index contributed by atoms with van der Waals surface area (Å²) in [6, 6.07) is 17.7. The first-order chi connectivity index (χ1) is 18.9. The zero-order valence-electron chi connectivity index (χ0n) is 22.2. The van der Waals surface area contributed by atoms with Gasteiger partial charge >= 0.3 is 0 Å². The molecule has 3 aromatic rings. The summed E-state index contributed by atoms with van der Waals surface area (Å²) in [5, 5.41) is 0. The average molecular weight is 550 g/mol. The number of benzene rings is 3. The number of carbonyl (C=O) groups is 1. The lowest BCUT2D eigenvalue weighted by Gasteiger charge is -2.26. The van der Waals surface area contributed by atoms with Gasteiger partial charge in [0, 0.05) is 24.3 Å². The summed E-state index contributed by atoms with van der Waals surface area (Å²) in [7, 11) is 0.799. The standard InChI is InChI=1S/C29H31N3O6S/c1-36-25-15-14-24(26(37-2)27(25)38-3)29(33)30-28-23-13-6-5-10-20(23)19-32(28)21-11-9-12-22(18-21)39(34,35)31-16-7-4-8-17-31/h5-6,9-15,18H,4,7-8,16-17,19H2,1-3H3. The molecule has 0 radical (unpaired) electrons. The molecule has 0 spiro atoms. The summed E-state index contributed by atoms with van der Waals surface area (Å²) in [5.41, 5.74) is 2.63. The molecular weight excluding hydrogens is 518 g/mol. The Kier molecular flexibility index (Phi) is 7.58. The molecule has 3 aromatic carbocycles. The van der Waals surface area contributed by atoms with E-state index in [1.807, 2.05) is 35.2 Å². The van der Waals surface area contributed by atoms with E-state index >= 15 is 0 Å². The molecule has 9 nitrogen and oxygen atoms in total. The molecule has 39 heavy (non-hydrogen) atoms. The molecule has 0 unspecified atom stereocenters. The number of fused-ring (bicyclic) bond motifs is 1. The molecular formula is C29H31N3O6S. The predicted molar refractivity (Wildman–Crippen MR) is 149 cm³/mol. The molecule has 0 N–H and O–H groups in total. The van der Waals surface area contributed by atoms with Crippen molar-refractivity contribution in [2.75, 3.05) is 39.3 Å². The SMILES string of the molecule is COc1ccc(C(=O)N=C2c3ccccc3CN2c2cccc(S(=O)(=O)N3CCCCC3)c2)c(OC)c1OC. The Bertz CT molecular complexity index is 1530. The number of aliphatic imine (C=N–C) groups is 1. The number of methoxy groups -OCH3 is 3. The molecule has 5 rings (SSSR count). The third kappa shape index (κ3) is 4.97. The van der Waals surface area contributed by atoms with E-state index in [2.05, 4.69) is 4.99 Å². The van der Waals surface area contributed by atoms with Crippen molar-refractivity contribution in [3.05, 3.63) is 77.4 Å². The van der Waals surface area contributed by atoms with Gasteiger partial charge in [-0.05, 0) is 48.7 Å². The molecule has 0 aromatic heterocycles. The minimum atomic E-state index is -3.63. The average Bonchev–Trinajstić information content (AvgIpc) is 3.34. The lowest BCUT2D eigenvalue weighted by Crippen LogP contribution is -2.35. The van der Waals surface area contributed by atoms with Crippen LogP contribution >= 0.6 is 0 Å². The molecule has 0 saturated carbocycles.